The molecule has 0 saturated carbocycles. The van der Waals surface area contributed by atoms with Gasteiger partial charge < -0.3 is 10.4 Å². The van der Waals surface area contributed by atoms with Crippen LogP contribution in [-0.4, -0.2) is 33.6 Å². The van der Waals surface area contributed by atoms with E-state index in [-0.39, 0.29) is 21.4 Å². The lowest BCUT2D eigenvalue weighted by molar-refractivity contribution is -0.127. The Labute approximate surface area is 162 Å². The molecule has 2 N–H and O–H groups in total. The molecule has 1 aliphatic heterocycles. The monoisotopic (exact) mass is 406 g/mol. The van der Waals surface area contributed by atoms with Crippen molar-refractivity contribution in [2.75, 3.05) is 11.9 Å². The highest BCUT2D eigenvalue weighted by atomic mass is 35.5. The van der Waals surface area contributed by atoms with Crippen LogP contribution in [0.25, 0.3) is 6.08 Å². The van der Waals surface area contributed by atoms with E-state index in [0.717, 1.165) is 22.7 Å². The van der Waals surface area contributed by atoms with Crippen molar-refractivity contribution in [3.63, 3.8) is 0 Å². The Balaban J connectivity index is 1.68. The largest absolute Gasteiger partial charge is 0.508 e. The van der Waals surface area contributed by atoms with Crippen LogP contribution < -0.4 is 5.32 Å². The number of nitrogens with zero attached hydrogens (tertiary/aromatic N) is 1. The fourth-order valence-corrected chi connectivity index (χ4v) is 3.30. The lowest BCUT2D eigenvalue weighted by atomic mass is 10.2. The van der Waals surface area contributed by atoms with E-state index in [9.17, 15) is 23.9 Å². The van der Waals surface area contributed by atoms with E-state index in [0.29, 0.717) is 5.56 Å². The minimum absolute atomic E-state index is 0.0813. The third-order valence-electron chi connectivity index (χ3n) is 3.57. The summed E-state index contributed by atoms with van der Waals surface area (Å²) in [5, 5.41) is 11.0. The quantitative estimate of drug-likeness (QED) is 0.753. The predicted molar refractivity (Wildman–Crippen MR) is 101 cm³/mol. The molecule has 0 aromatic heterocycles. The van der Waals surface area contributed by atoms with Crippen LogP contribution in [0.4, 0.5) is 14.9 Å². The average Bonchev–Trinajstić information content (AvgIpc) is 2.87. The van der Waals surface area contributed by atoms with Gasteiger partial charge in [0, 0.05) is 5.69 Å². The first kappa shape index (κ1) is 18.9. The summed E-state index contributed by atoms with van der Waals surface area (Å²) in [5.74, 6) is -1.76. The number of amides is 3. The van der Waals surface area contributed by atoms with Gasteiger partial charge in [-0.3, -0.25) is 19.3 Å². The van der Waals surface area contributed by atoms with Gasteiger partial charge in [-0.1, -0.05) is 23.7 Å². The Morgan fingerprint density at radius 2 is 1.93 bits per heavy atom. The number of carbonyl (C=O) groups is 3. The summed E-state index contributed by atoms with van der Waals surface area (Å²) in [7, 11) is 0. The number of nitrogens with one attached hydrogen (secondary N) is 1. The molecule has 27 heavy (non-hydrogen) atoms. The van der Waals surface area contributed by atoms with Gasteiger partial charge in [0.2, 0.25) is 5.91 Å². The summed E-state index contributed by atoms with van der Waals surface area (Å²) in [4.78, 5) is 37.5. The number of imide groups is 1. The molecule has 0 bridgehead atoms. The first-order chi connectivity index (χ1) is 12.8. The molecule has 1 fully saturated rings. The third kappa shape index (κ3) is 4.47. The van der Waals surface area contributed by atoms with Crippen molar-refractivity contribution in [2.45, 2.75) is 0 Å². The average molecular weight is 407 g/mol. The Bertz CT molecular complexity index is 962. The van der Waals surface area contributed by atoms with E-state index >= 15 is 0 Å². The molecule has 138 valence electrons. The zero-order valence-corrected chi connectivity index (χ0v) is 15.2. The lowest BCUT2D eigenvalue weighted by Gasteiger charge is -2.12. The Hall–Kier alpha value is -2.84. The molecule has 0 spiro atoms. The summed E-state index contributed by atoms with van der Waals surface area (Å²) in [6.45, 7) is -0.480. The molecule has 0 atom stereocenters. The number of phenols is 1. The van der Waals surface area contributed by atoms with Crippen molar-refractivity contribution in [2.24, 2.45) is 0 Å². The molecule has 2 aromatic carbocycles. The van der Waals surface area contributed by atoms with Gasteiger partial charge in [-0.2, -0.15) is 0 Å². The summed E-state index contributed by atoms with van der Waals surface area (Å²) < 4.78 is 13.1. The highest BCUT2D eigenvalue weighted by Crippen LogP contribution is 2.32. The summed E-state index contributed by atoms with van der Waals surface area (Å²) in [6, 6.07) is 9.74. The molecule has 2 aromatic rings. The molecule has 1 saturated heterocycles. The van der Waals surface area contributed by atoms with Gasteiger partial charge in [0.25, 0.3) is 11.1 Å². The van der Waals surface area contributed by atoms with Gasteiger partial charge in [0.15, 0.2) is 0 Å². The number of thioether (sulfide) groups is 1. The van der Waals surface area contributed by atoms with Crippen molar-refractivity contribution in [1.29, 1.82) is 0 Å². The van der Waals surface area contributed by atoms with Crippen LogP contribution >= 0.6 is 23.4 Å². The van der Waals surface area contributed by atoms with Crippen LogP contribution in [0.5, 0.6) is 5.75 Å². The SMILES string of the molecule is O=C(CN1C(=O)SC(=Cc2ccc(O)cc2)C1=O)Nc1ccc(F)c(Cl)c1. The van der Waals surface area contributed by atoms with Gasteiger partial charge in [-0.05, 0) is 53.7 Å². The van der Waals surface area contributed by atoms with Crippen molar-refractivity contribution in [1.82, 2.24) is 4.90 Å². The summed E-state index contributed by atoms with van der Waals surface area (Å²) in [6.07, 6.45) is 1.50. The van der Waals surface area contributed by atoms with Crippen molar-refractivity contribution < 1.29 is 23.9 Å². The van der Waals surface area contributed by atoms with Crippen LogP contribution in [0.2, 0.25) is 5.02 Å². The molecule has 1 aliphatic rings. The maximum Gasteiger partial charge on any atom is 0.294 e. The molecular formula is C18H12ClFN2O4S. The van der Waals surface area contributed by atoms with E-state index in [1.54, 1.807) is 12.1 Å². The minimum Gasteiger partial charge on any atom is -0.508 e. The molecule has 0 unspecified atom stereocenters. The number of benzene rings is 2. The van der Waals surface area contributed by atoms with Crippen LogP contribution in [0.1, 0.15) is 5.56 Å². The van der Waals surface area contributed by atoms with E-state index in [1.807, 2.05) is 0 Å². The van der Waals surface area contributed by atoms with Crippen LogP contribution in [0.3, 0.4) is 0 Å². The van der Waals surface area contributed by atoms with Crippen LogP contribution in [0.15, 0.2) is 47.4 Å². The smallest absolute Gasteiger partial charge is 0.294 e. The number of hydrogen-bond donors (Lipinski definition) is 2. The molecule has 3 rings (SSSR count). The Morgan fingerprint density at radius 1 is 1.22 bits per heavy atom. The fraction of sp³-hybridized carbons (Fsp3) is 0.0556. The standard InChI is InChI=1S/C18H12ClFN2O4S/c19-13-8-11(3-6-14(13)20)21-16(24)9-22-17(25)15(27-18(22)26)7-10-1-4-12(23)5-2-10/h1-8,23H,9H2,(H,21,24). The number of carbonyl (C=O) groups excluding carboxylic acids is 3. The van der Waals surface area contributed by atoms with Gasteiger partial charge in [0.05, 0.1) is 9.93 Å². The highest BCUT2D eigenvalue weighted by Gasteiger charge is 2.36. The molecule has 3 amide bonds. The maximum absolute atomic E-state index is 13.1. The first-order valence-electron chi connectivity index (χ1n) is 7.63. The van der Waals surface area contributed by atoms with Gasteiger partial charge in [0.1, 0.15) is 18.1 Å². The predicted octanol–water partition coefficient (Wildman–Crippen LogP) is 3.86. The zero-order valence-electron chi connectivity index (χ0n) is 13.6. The normalized spacial score (nSPS) is 15.5. The lowest BCUT2D eigenvalue weighted by Crippen LogP contribution is -2.36. The van der Waals surface area contributed by atoms with Crippen molar-refractivity contribution in [3.05, 3.63) is 63.8 Å². The molecular weight excluding hydrogens is 395 g/mol. The van der Waals surface area contributed by atoms with Crippen LogP contribution in [0, 0.1) is 5.82 Å². The second-order valence-electron chi connectivity index (χ2n) is 5.54. The number of rotatable bonds is 4. The molecule has 0 aliphatic carbocycles. The van der Waals surface area contributed by atoms with E-state index in [4.69, 9.17) is 11.6 Å². The summed E-state index contributed by atoms with van der Waals surface area (Å²) in [5.41, 5.74) is 0.877. The molecule has 1 heterocycles. The van der Waals surface area contributed by atoms with Gasteiger partial charge in [-0.25, -0.2) is 4.39 Å². The number of aromatic hydroxyl groups is 1. The number of halogens is 2. The number of anilines is 1. The highest BCUT2D eigenvalue weighted by molar-refractivity contribution is 8.18. The molecule has 9 heteroatoms. The Morgan fingerprint density at radius 3 is 2.59 bits per heavy atom. The minimum atomic E-state index is -0.625. The van der Waals surface area contributed by atoms with Crippen molar-refractivity contribution >= 4 is 52.2 Å². The molecule has 0 radical (unpaired) electrons. The van der Waals surface area contributed by atoms with Gasteiger partial charge in [-0.15, -0.1) is 0 Å². The Kier molecular flexibility index (Phi) is 5.48. The first-order valence-corrected chi connectivity index (χ1v) is 8.82. The topological polar surface area (TPSA) is 86.7 Å². The van der Waals surface area contributed by atoms with Crippen LogP contribution in [-0.2, 0) is 9.59 Å². The second kappa shape index (κ2) is 7.81. The third-order valence-corrected chi connectivity index (χ3v) is 4.77. The van der Waals surface area contributed by atoms with Crippen molar-refractivity contribution in [3.8, 4) is 5.75 Å². The molecule has 6 nitrogen and oxygen atoms in total. The number of phenolic OH excluding ortho intramolecular Hbond substituents is 1. The van der Waals surface area contributed by atoms with E-state index < -0.39 is 29.4 Å². The zero-order chi connectivity index (χ0) is 19.6. The second-order valence-corrected chi connectivity index (χ2v) is 6.94. The fourth-order valence-electron chi connectivity index (χ4n) is 2.28. The maximum atomic E-state index is 13.1. The van der Waals surface area contributed by atoms with E-state index in [2.05, 4.69) is 5.32 Å². The van der Waals surface area contributed by atoms with E-state index in [1.165, 1.54) is 30.3 Å². The van der Waals surface area contributed by atoms with Gasteiger partial charge >= 0.3 is 0 Å². The number of hydrogen-bond acceptors (Lipinski definition) is 5. The summed E-state index contributed by atoms with van der Waals surface area (Å²) >= 11 is 6.37.